The predicted octanol–water partition coefficient (Wildman–Crippen LogP) is 5.13. The summed E-state index contributed by atoms with van der Waals surface area (Å²) in [5.41, 5.74) is 3.67. The Morgan fingerprint density at radius 2 is 1.51 bits per heavy atom. The fourth-order valence-electron chi connectivity index (χ4n) is 7.33. The molecule has 4 heterocycles. The van der Waals surface area contributed by atoms with Crippen molar-refractivity contribution in [1.82, 2.24) is 30.4 Å². The third-order valence-electron chi connectivity index (χ3n) is 10.4. The Kier molecular flexibility index (Phi) is 7.75. The van der Waals surface area contributed by atoms with Crippen LogP contribution in [0.2, 0.25) is 0 Å². The van der Waals surface area contributed by atoms with E-state index in [4.69, 9.17) is 13.9 Å². The van der Waals surface area contributed by atoms with Crippen LogP contribution in [0, 0.1) is 6.92 Å². The Hall–Kier alpha value is -6.44. The van der Waals surface area contributed by atoms with Crippen LogP contribution < -0.4 is 20.1 Å². The molecule has 14 heteroatoms. The molecule has 53 heavy (non-hydrogen) atoms. The lowest BCUT2D eigenvalue weighted by Gasteiger charge is -2.36. The second-order valence-electron chi connectivity index (χ2n) is 13.9. The summed E-state index contributed by atoms with van der Waals surface area (Å²) in [5, 5.41) is 13.4. The van der Waals surface area contributed by atoms with Crippen LogP contribution in [0.5, 0.6) is 17.2 Å². The molecule has 4 aliphatic rings. The number of piperidine rings is 1. The van der Waals surface area contributed by atoms with Crippen molar-refractivity contribution in [1.29, 1.82) is 0 Å². The molecule has 1 atom stereocenters. The van der Waals surface area contributed by atoms with Crippen LogP contribution in [-0.4, -0.2) is 66.9 Å². The predicted molar refractivity (Wildman–Crippen MR) is 187 cm³/mol. The Bertz CT molecular complexity index is 2260. The monoisotopic (exact) mass is 711 g/mol. The third kappa shape index (κ3) is 6.05. The average Bonchev–Trinajstić information content (AvgIpc) is 3.78. The molecule has 2 saturated carbocycles. The summed E-state index contributed by atoms with van der Waals surface area (Å²) in [6.07, 6.45) is 7.08. The first-order valence-corrected chi connectivity index (χ1v) is 17.5. The summed E-state index contributed by atoms with van der Waals surface area (Å²) in [5.74, 6) is 0.974. The van der Waals surface area contributed by atoms with Crippen LogP contribution in [0.1, 0.15) is 76.3 Å². The van der Waals surface area contributed by atoms with Crippen molar-refractivity contribution in [2.24, 2.45) is 0 Å². The lowest BCUT2D eigenvalue weighted by Crippen LogP contribution is -2.54. The number of benzene rings is 3. The highest BCUT2D eigenvalue weighted by Gasteiger charge is 2.46. The van der Waals surface area contributed by atoms with E-state index in [9.17, 15) is 19.2 Å². The van der Waals surface area contributed by atoms with Crippen LogP contribution in [0.3, 0.4) is 0 Å². The Morgan fingerprint density at radius 3 is 2.15 bits per heavy atom. The highest BCUT2D eigenvalue weighted by Crippen LogP contribution is 2.54. The summed E-state index contributed by atoms with van der Waals surface area (Å²) in [6, 6.07) is 20.7. The molecule has 266 valence electrons. The van der Waals surface area contributed by atoms with E-state index < -0.39 is 29.7 Å². The smallest absolute Gasteiger partial charge is 0.285 e. The largest absolute Gasteiger partial charge is 0.490 e. The lowest BCUT2D eigenvalue weighted by molar-refractivity contribution is -0.136. The molecular formula is C39H33N7O7. The van der Waals surface area contributed by atoms with Crippen molar-refractivity contribution < 1.29 is 33.1 Å². The molecule has 3 aromatic carbocycles. The highest BCUT2D eigenvalue weighted by atomic mass is 16.5. The van der Waals surface area contributed by atoms with Crippen molar-refractivity contribution in [3.8, 4) is 29.0 Å². The zero-order chi connectivity index (χ0) is 36.3. The van der Waals surface area contributed by atoms with E-state index in [1.807, 2.05) is 24.3 Å². The van der Waals surface area contributed by atoms with Crippen molar-refractivity contribution in [2.75, 3.05) is 5.32 Å². The molecule has 1 unspecified atom stereocenters. The molecule has 3 fully saturated rings. The Labute approximate surface area is 302 Å². The molecule has 0 bridgehead atoms. The van der Waals surface area contributed by atoms with Crippen molar-refractivity contribution >= 4 is 29.3 Å². The second-order valence-corrected chi connectivity index (χ2v) is 13.9. The van der Waals surface area contributed by atoms with E-state index in [2.05, 4.69) is 55.1 Å². The number of nitrogens with zero attached hydrogens (tertiary/aromatic N) is 5. The summed E-state index contributed by atoms with van der Waals surface area (Å²) < 4.78 is 17.6. The first-order chi connectivity index (χ1) is 25.7. The Morgan fingerprint density at radius 1 is 0.830 bits per heavy atom. The molecule has 2 aromatic heterocycles. The highest BCUT2D eigenvalue weighted by molar-refractivity contribution is 6.23. The van der Waals surface area contributed by atoms with E-state index in [0.717, 1.165) is 42.0 Å². The van der Waals surface area contributed by atoms with E-state index in [-0.39, 0.29) is 47.4 Å². The molecule has 5 aromatic rings. The topological polar surface area (TPSA) is 179 Å². The van der Waals surface area contributed by atoms with Gasteiger partial charge in [-0.3, -0.25) is 29.4 Å². The minimum atomic E-state index is -0.987. The number of carbonyl (C=O) groups excluding carboxylic acids is 4. The van der Waals surface area contributed by atoms with Gasteiger partial charge in [-0.15, -0.1) is 10.2 Å². The fourth-order valence-corrected chi connectivity index (χ4v) is 7.33. The number of hydrogen-bond donors (Lipinski definition) is 2. The summed E-state index contributed by atoms with van der Waals surface area (Å²) >= 11 is 0. The molecule has 4 amide bonds. The number of rotatable bonds is 10. The van der Waals surface area contributed by atoms with Gasteiger partial charge in [-0.25, -0.2) is 9.97 Å². The van der Waals surface area contributed by atoms with E-state index in [1.54, 1.807) is 37.5 Å². The van der Waals surface area contributed by atoms with Gasteiger partial charge in [-0.05, 0) is 72.9 Å². The minimum absolute atomic E-state index is 0.0315. The SMILES string of the molecule is Cc1nnc(-c2ncc(Oc3ccc(C4(c5ccc(O[C@H]6C[C@H](Nc7ccc8c(c7)C(=O)N(C7CCC(=O)NC7=O)C8=O)C6)cc5)CC4)cc3)cn2)o1. The van der Waals surface area contributed by atoms with Gasteiger partial charge in [-0.1, -0.05) is 24.3 Å². The number of hydrogen-bond acceptors (Lipinski definition) is 12. The maximum absolute atomic E-state index is 13.2. The van der Waals surface area contributed by atoms with Crippen LogP contribution in [0.15, 0.2) is 83.5 Å². The number of fused-ring (bicyclic) bond motifs is 1. The zero-order valence-corrected chi connectivity index (χ0v) is 28.6. The normalized spacial score (nSPS) is 21.5. The number of amides is 4. The summed E-state index contributed by atoms with van der Waals surface area (Å²) in [4.78, 5) is 59.6. The summed E-state index contributed by atoms with van der Waals surface area (Å²) in [6.45, 7) is 1.71. The van der Waals surface area contributed by atoms with Crippen molar-refractivity contribution in [3.05, 3.63) is 107 Å². The van der Waals surface area contributed by atoms with E-state index >= 15 is 0 Å². The minimum Gasteiger partial charge on any atom is -0.490 e. The van der Waals surface area contributed by atoms with Gasteiger partial charge in [0.05, 0.1) is 23.5 Å². The zero-order valence-electron chi connectivity index (χ0n) is 28.6. The van der Waals surface area contributed by atoms with Gasteiger partial charge in [0.1, 0.15) is 23.6 Å². The fraction of sp³-hybridized carbons (Fsp3) is 0.282. The van der Waals surface area contributed by atoms with Gasteiger partial charge in [0.2, 0.25) is 23.5 Å². The molecule has 0 spiro atoms. The van der Waals surface area contributed by atoms with E-state index in [0.29, 0.717) is 23.2 Å². The van der Waals surface area contributed by atoms with Gasteiger partial charge >= 0.3 is 0 Å². The van der Waals surface area contributed by atoms with Crippen LogP contribution in [-0.2, 0) is 15.0 Å². The molecule has 1 saturated heterocycles. The second kappa shape index (κ2) is 12.7. The third-order valence-corrected chi connectivity index (χ3v) is 10.4. The van der Waals surface area contributed by atoms with Crippen LogP contribution in [0.4, 0.5) is 5.69 Å². The molecular weight excluding hydrogens is 678 g/mol. The van der Waals surface area contributed by atoms with Crippen molar-refractivity contribution in [3.63, 3.8) is 0 Å². The first kappa shape index (κ1) is 32.5. The Balaban J connectivity index is 0.773. The number of aromatic nitrogens is 4. The average molecular weight is 712 g/mol. The number of anilines is 1. The molecule has 14 nitrogen and oxygen atoms in total. The van der Waals surface area contributed by atoms with Crippen LogP contribution in [0.25, 0.3) is 11.7 Å². The van der Waals surface area contributed by atoms with E-state index in [1.165, 1.54) is 11.1 Å². The number of imide groups is 2. The lowest BCUT2D eigenvalue weighted by atomic mass is 9.87. The van der Waals surface area contributed by atoms with Crippen LogP contribution >= 0.6 is 0 Å². The van der Waals surface area contributed by atoms with Gasteiger partial charge < -0.3 is 19.2 Å². The molecule has 2 aliphatic carbocycles. The number of nitrogens with one attached hydrogen (secondary N) is 2. The molecule has 0 radical (unpaired) electrons. The van der Waals surface area contributed by atoms with Gasteiger partial charge in [0.25, 0.3) is 17.7 Å². The van der Waals surface area contributed by atoms with Crippen molar-refractivity contribution in [2.45, 2.75) is 69.1 Å². The first-order valence-electron chi connectivity index (χ1n) is 17.5. The molecule has 2 N–H and O–H groups in total. The number of ether oxygens (including phenoxy) is 2. The quantitative estimate of drug-likeness (QED) is 0.183. The number of carbonyl (C=O) groups is 4. The number of aryl methyl sites for hydroxylation is 1. The summed E-state index contributed by atoms with van der Waals surface area (Å²) in [7, 11) is 0. The molecule has 2 aliphatic heterocycles. The maximum atomic E-state index is 13.2. The van der Waals surface area contributed by atoms with Gasteiger partial charge in [-0.2, -0.15) is 0 Å². The van der Waals surface area contributed by atoms with Gasteiger partial charge in [0.15, 0.2) is 5.75 Å². The molecule has 9 rings (SSSR count). The van der Waals surface area contributed by atoms with Gasteiger partial charge in [0, 0.05) is 43.3 Å². The standard InChI is InChI=1S/C39H33N7O7/c1-21-44-45-36(51-21)34-40-19-29(20-41-34)53-27-9-4-23(5-10-27)39(14-15-39)22-2-7-26(8-3-22)52-28-16-25(17-28)42-24-6-11-30-31(18-24)38(50)46(37(30)49)32-12-13-33(47)43-35(32)48/h2-11,18-20,25,28,32,42H,12-17H2,1H3,(H,43,47,48)/t25-,28-,32?. The maximum Gasteiger partial charge on any atom is 0.285 e.